The van der Waals surface area contributed by atoms with E-state index < -0.39 is 16.0 Å². The van der Waals surface area contributed by atoms with Crippen molar-refractivity contribution in [3.8, 4) is 0 Å². The highest BCUT2D eigenvalue weighted by Crippen LogP contribution is 2.15. The molecule has 2 aromatic rings. The smallest absolute Gasteiger partial charge is 0.337 e. The van der Waals surface area contributed by atoms with Gasteiger partial charge in [0.2, 0.25) is 10.0 Å². The van der Waals surface area contributed by atoms with Crippen molar-refractivity contribution >= 4 is 16.0 Å². The van der Waals surface area contributed by atoms with Gasteiger partial charge >= 0.3 is 5.97 Å². The molecule has 0 amide bonds. The summed E-state index contributed by atoms with van der Waals surface area (Å²) in [5, 5.41) is 0. The van der Waals surface area contributed by atoms with Gasteiger partial charge in [-0.1, -0.05) is 30.7 Å². The van der Waals surface area contributed by atoms with Crippen LogP contribution in [0.5, 0.6) is 0 Å². The molecule has 0 aromatic heterocycles. The van der Waals surface area contributed by atoms with Crippen LogP contribution in [0.4, 0.5) is 0 Å². The monoisotopic (exact) mass is 402 g/mol. The summed E-state index contributed by atoms with van der Waals surface area (Å²) in [6.07, 6.45) is 3.85. The molecule has 0 saturated carbocycles. The molecular formula is C21H26N2O4S. The first-order valence-corrected chi connectivity index (χ1v) is 10.9. The van der Waals surface area contributed by atoms with Crippen molar-refractivity contribution in [3.05, 3.63) is 65.2 Å². The molecule has 0 atom stereocenters. The highest BCUT2D eigenvalue weighted by atomic mass is 32.2. The molecule has 1 heterocycles. The minimum atomic E-state index is -3.65. The average Bonchev–Trinajstić information content (AvgIpc) is 2.73. The third-order valence-electron chi connectivity index (χ3n) is 4.93. The third-order valence-corrected chi connectivity index (χ3v) is 6.35. The number of benzene rings is 2. The average molecular weight is 403 g/mol. The number of esters is 1. The van der Waals surface area contributed by atoms with Gasteiger partial charge in [0.1, 0.15) is 0 Å². The van der Waals surface area contributed by atoms with Gasteiger partial charge in [0.25, 0.3) is 0 Å². The van der Waals surface area contributed by atoms with Gasteiger partial charge in [0.05, 0.1) is 17.6 Å². The predicted molar refractivity (Wildman–Crippen MR) is 107 cm³/mol. The Morgan fingerprint density at radius 2 is 1.57 bits per heavy atom. The van der Waals surface area contributed by atoms with Crippen LogP contribution in [0, 0.1) is 0 Å². The third kappa shape index (κ3) is 5.41. The number of ether oxygens (including phenoxy) is 1. The summed E-state index contributed by atoms with van der Waals surface area (Å²) in [5.41, 5.74) is 2.45. The van der Waals surface area contributed by atoms with E-state index in [9.17, 15) is 13.2 Å². The second kappa shape index (κ2) is 9.32. The first-order chi connectivity index (χ1) is 13.5. The van der Waals surface area contributed by atoms with Crippen LogP contribution in [-0.2, 0) is 27.8 Å². The standard InChI is InChI=1S/C21H26N2O4S/c1-27-21(24)19-9-11-20(12-10-19)28(25,26)22-15-17-5-7-18(8-6-17)16-23-13-3-2-4-14-23/h5-12,22H,2-4,13-16H2,1H3. The summed E-state index contributed by atoms with van der Waals surface area (Å²) in [4.78, 5) is 14.0. The molecule has 0 bridgehead atoms. The highest BCUT2D eigenvalue weighted by molar-refractivity contribution is 7.89. The molecule has 1 N–H and O–H groups in total. The Labute approximate surface area is 166 Å². The topological polar surface area (TPSA) is 75.7 Å². The van der Waals surface area contributed by atoms with Crippen molar-refractivity contribution < 1.29 is 17.9 Å². The van der Waals surface area contributed by atoms with Crippen LogP contribution in [0.2, 0.25) is 0 Å². The van der Waals surface area contributed by atoms with Crippen molar-refractivity contribution in [2.75, 3.05) is 20.2 Å². The molecule has 28 heavy (non-hydrogen) atoms. The first kappa shape index (κ1) is 20.5. The van der Waals surface area contributed by atoms with Crippen LogP contribution >= 0.6 is 0 Å². The van der Waals surface area contributed by atoms with E-state index in [2.05, 4.69) is 26.5 Å². The molecule has 1 saturated heterocycles. The molecule has 0 radical (unpaired) electrons. The maximum Gasteiger partial charge on any atom is 0.337 e. The van der Waals surface area contributed by atoms with Crippen LogP contribution in [-0.4, -0.2) is 39.5 Å². The van der Waals surface area contributed by atoms with Crippen molar-refractivity contribution in [3.63, 3.8) is 0 Å². The number of likely N-dealkylation sites (tertiary alicyclic amines) is 1. The fourth-order valence-electron chi connectivity index (χ4n) is 3.29. The van der Waals surface area contributed by atoms with Gasteiger partial charge in [-0.2, -0.15) is 0 Å². The summed E-state index contributed by atoms with van der Waals surface area (Å²) < 4.78 is 32.1. The van der Waals surface area contributed by atoms with Crippen molar-refractivity contribution in [1.29, 1.82) is 0 Å². The molecule has 3 rings (SSSR count). The Balaban J connectivity index is 1.57. The zero-order valence-corrected chi connectivity index (χ0v) is 16.9. The molecule has 6 nitrogen and oxygen atoms in total. The Morgan fingerprint density at radius 1 is 0.964 bits per heavy atom. The SMILES string of the molecule is COC(=O)c1ccc(S(=O)(=O)NCc2ccc(CN3CCCCC3)cc2)cc1. The summed E-state index contributed by atoms with van der Waals surface area (Å²) in [6.45, 7) is 3.45. The van der Waals surface area contributed by atoms with Crippen molar-refractivity contribution in [2.24, 2.45) is 0 Å². The number of piperidine rings is 1. The highest BCUT2D eigenvalue weighted by Gasteiger charge is 2.15. The number of hydrogen-bond donors (Lipinski definition) is 1. The number of carbonyl (C=O) groups is 1. The zero-order chi connectivity index (χ0) is 20.0. The number of nitrogens with one attached hydrogen (secondary N) is 1. The lowest BCUT2D eigenvalue weighted by atomic mass is 10.1. The molecule has 0 unspecified atom stereocenters. The Kier molecular flexibility index (Phi) is 6.83. The maximum absolute atomic E-state index is 12.5. The van der Waals surface area contributed by atoms with Crippen LogP contribution in [0.1, 0.15) is 40.7 Å². The molecular weight excluding hydrogens is 376 g/mol. The van der Waals surface area contributed by atoms with Gasteiger partial charge in [-0.25, -0.2) is 17.9 Å². The number of rotatable bonds is 7. The van der Waals surface area contributed by atoms with E-state index in [4.69, 9.17) is 0 Å². The van der Waals surface area contributed by atoms with E-state index in [0.717, 1.165) is 25.2 Å². The fourth-order valence-corrected chi connectivity index (χ4v) is 4.31. The molecule has 0 aliphatic carbocycles. The summed E-state index contributed by atoms with van der Waals surface area (Å²) in [6, 6.07) is 13.7. The van der Waals surface area contributed by atoms with Crippen LogP contribution < -0.4 is 4.72 Å². The molecule has 1 aliphatic heterocycles. The number of hydrogen-bond acceptors (Lipinski definition) is 5. The quantitative estimate of drug-likeness (QED) is 0.721. The molecule has 150 valence electrons. The van der Waals surface area contributed by atoms with E-state index >= 15 is 0 Å². The second-order valence-corrected chi connectivity index (χ2v) is 8.76. The van der Waals surface area contributed by atoms with E-state index in [-0.39, 0.29) is 11.4 Å². The van der Waals surface area contributed by atoms with Gasteiger partial charge in [-0.05, 0) is 61.3 Å². The Bertz CT molecular complexity index is 887. The summed E-state index contributed by atoms with van der Waals surface area (Å²) in [7, 11) is -2.37. The number of carbonyl (C=O) groups excluding carboxylic acids is 1. The predicted octanol–water partition coefficient (Wildman–Crippen LogP) is 2.94. The van der Waals surface area contributed by atoms with Crippen LogP contribution in [0.15, 0.2) is 53.4 Å². The fraction of sp³-hybridized carbons (Fsp3) is 0.381. The Hall–Kier alpha value is -2.22. The lowest BCUT2D eigenvalue weighted by Crippen LogP contribution is -2.29. The molecule has 2 aromatic carbocycles. The van der Waals surface area contributed by atoms with Gasteiger partial charge < -0.3 is 4.74 Å². The van der Waals surface area contributed by atoms with Gasteiger partial charge in [-0.3, -0.25) is 4.90 Å². The largest absolute Gasteiger partial charge is 0.465 e. The van der Waals surface area contributed by atoms with Gasteiger partial charge in [0, 0.05) is 13.1 Å². The van der Waals surface area contributed by atoms with Gasteiger partial charge in [0.15, 0.2) is 0 Å². The van der Waals surface area contributed by atoms with E-state index in [1.807, 2.05) is 12.1 Å². The minimum Gasteiger partial charge on any atom is -0.465 e. The molecule has 7 heteroatoms. The van der Waals surface area contributed by atoms with Crippen molar-refractivity contribution in [1.82, 2.24) is 9.62 Å². The normalized spacial score (nSPS) is 15.3. The molecule has 1 aliphatic rings. The molecule has 0 spiro atoms. The lowest BCUT2D eigenvalue weighted by Gasteiger charge is -2.26. The van der Waals surface area contributed by atoms with Crippen LogP contribution in [0.3, 0.4) is 0 Å². The van der Waals surface area contributed by atoms with E-state index in [1.54, 1.807) is 0 Å². The maximum atomic E-state index is 12.5. The van der Waals surface area contributed by atoms with Crippen molar-refractivity contribution in [2.45, 2.75) is 37.2 Å². The zero-order valence-electron chi connectivity index (χ0n) is 16.1. The van der Waals surface area contributed by atoms with Gasteiger partial charge in [-0.15, -0.1) is 0 Å². The first-order valence-electron chi connectivity index (χ1n) is 9.46. The number of nitrogens with zero attached hydrogens (tertiary/aromatic N) is 1. The molecule has 1 fully saturated rings. The van der Waals surface area contributed by atoms with E-state index in [0.29, 0.717) is 5.56 Å². The number of methoxy groups -OCH3 is 1. The van der Waals surface area contributed by atoms with Crippen LogP contribution in [0.25, 0.3) is 0 Å². The summed E-state index contributed by atoms with van der Waals surface area (Å²) in [5.74, 6) is -0.499. The van der Waals surface area contributed by atoms with E-state index in [1.165, 1.54) is 56.2 Å². The minimum absolute atomic E-state index is 0.113. The number of sulfonamides is 1. The lowest BCUT2D eigenvalue weighted by molar-refractivity contribution is 0.0600. The summed E-state index contributed by atoms with van der Waals surface area (Å²) >= 11 is 0. The Morgan fingerprint density at radius 3 is 2.18 bits per heavy atom. The second-order valence-electron chi connectivity index (χ2n) is 6.99.